The van der Waals surface area contributed by atoms with Crippen LogP contribution in [0.15, 0.2) is 46.6 Å². The Morgan fingerprint density at radius 2 is 1.98 bits per heavy atom. The van der Waals surface area contributed by atoms with Crippen LogP contribution in [0.25, 0.3) is 0 Å². The summed E-state index contributed by atoms with van der Waals surface area (Å²) in [7, 11) is 0. The van der Waals surface area contributed by atoms with Gasteiger partial charge in [0.05, 0.1) is 24.5 Å². The molecule has 3 aromatic rings. The SMILES string of the molecule is C[C@@H]1OCC2(CCN(c3cnc(Sc4ccnc(N)c4)c(N)n3)CC2)[C@@H]1NCc1cc(F)c2c(c1)CN(C1CCC(=O)NC1=O)C2=O. The fourth-order valence-electron chi connectivity index (χ4n) is 7.27. The summed E-state index contributed by atoms with van der Waals surface area (Å²) in [5.74, 6) is -0.506. The lowest BCUT2D eigenvalue weighted by Crippen LogP contribution is -2.52. The molecule has 246 valence electrons. The zero-order valence-corrected chi connectivity index (χ0v) is 26.7. The van der Waals surface area contributed by atoms with Crippen LogP contribution in [0.3, 0.4) is 0 Å². The molecule has 0 saturated carbocycles. The highest BCUT2D eigenvalue weighted by molar-refractivity contribution is 7.99. The second kappa shape index (κ2) is 12.4. The predicted molar refractivity (Wildman–Crippen MR) is 172 cm³/mol. The molecule has 6 N–H and O–H groups in total. The van der Waals surface area contributed by atoms with Crippen LogP contribution in [0.1, 0.15) is 54.1 Å². The van der Waals surface area contributed by atoms with Gasteiger partial charge in [-0.05, 0) is 55.5 Å². The first-order valence-electron chi connectivity index (χ1n) is 15.7. The molecule has 0 radical (unpaired) electrons. The van der Waals surface area contributed by atoms with Crippen LogP contribution in [-0.4, -0.2) is 75.5 Å². The first-order valence-corrected chi connectivity index (χ1v) is 16.5. The maximum absolute atomic E-state index is 15.3. The standard InChI is InChI=1S/C32H36FN9O4S/c1-17-27(37-13-18-10-19-15-42(31(45)26(19)21(33)11-18)22-2-3-25(43)40-29(22)44)32(16-46-17)5-8-41(9-6-32)24-14-38-30(28(35)39-24)47-20-4-7-36-23(34)12-20/h4,7,10-12,14,17,22,27,37H,2-3,5-6,8-9,13,15-16H2,1H3,(H2,34,36)(H2,35,39)(H,40,43,44)/t17-,22?,27+/m0/s1. The van der Waals surface area contributed by atoms with Gasteiger partial charge in [-0.25, -0.2) is 19.3 Å². The molecular weight excluding hydrogens is 625 g/mol. The minimum absolute atomic E-state index is 0.00251. The molecule has 0 bridgehead atoms. The van der Waals surface area contributed by atoms with Crippen molar-refractivity contribution in [3.8, 4) is 0 Å². The van der Waals surface area contributed by atoms with Crippen LogP contribution in [-0.2, 0) is 27.4 Å². The van der Waals surface area contributed by atoms with E-state index >= 15 is 4.39 Å². The van der Waals surface area contributed by atoms with Crippen molar-refractivity contribution in [2.24, 2.45) is 5.41 Å². The summed E-state index contributed by atoms with van der Waals surface area (Å²) in [6.45, 7) is 4.69. The van der Waals surface area contributed by atoms with Crippen molar-refractivity contribution in [3.05, 3.63) is 59.2 Å². The van der Waals surface area contributed by atoms with Crippen molar-refractivity contribution >= 4 is 46.9 Å². The summed E-state index contributed by atoms with van der Waals surface area (Å²) in [5.41, 5.74) is 13.2. The lowest BCUT2D eigenvalue weighted by Gasteiger charge is -2.43. The molecule has 13 nitrogen and oxygen atoms in total. The minimum Gasteiger partial charge on any atom is -0.384 e. The van der Waals surface area contributed by atoms with Crippen LogP contribution < -0.4 is 27.0 Å². The number of ether oxygens (including phenoxy) is 1. The number of hydrogen-bond donors (Lipinski definition) is 4. The average Bonchev–Trinajstić information content (AvgIpc) is 3.53. The van der Waals surface area contributed by atoms with Gasteiger partial charge in [0.25, 0.3) is 5.91 Å². The van der Waals surface area contributed by atoms with Crippen LogP contribution in [0.5, 0.6) is 0 Å². The maximum Gasteiger partial charge on any atom is 0.258 e. The summed E-state index contributed by atoms with van der Waals surface area (Å²) < 4.78 is 21.5. The number of pyridine rings is 1. The first kappa shape index (κ1) is 31.3. The van der Waals surface area contributed by atoms with Crippen molar-refractivity contribution in [2.45, 2.75) is 73.8 Å². The van der Waals surface area contributed by atoms with Gasteiger partial charge in [0.15, 0.2) is 5.82 Å². The normalized spacial score (nSPS) is 23.8. The topological polar surface area (TPSA) is 182 Å². The maximum atomic E-state index is 15.3. The largest absolute Gasteiger partial charge is 0.384 e. The Morgan fingerprint density at radius 1 is 1.17 bits per heavy atom. The number of amides is 3. The Kier molecular flexibility index (Phi) is 8.22. The first-order chi connectivity index (χ1) is 22.6. The molecule has 47 heavy (non-hydrogen) atoms. The van der Waals surface area contributed by atoms with E-state index in [-0.39, 0.29) is 48.4 Å². The molecule has 15 heteroatoms. The summed E-state index contributed by atoms with van der Waals surface area (Å²) in [6.07, 6.45) is 5.44. The van der Waals surface area contributed by atoms with Crippen LogP contribution >= 0.6 is 11.8 Å². The highest BCUT2D eigenvalue weighted by atomic mass is 32.2. The number of aromatic nitrogens is 3. The fraction of sp³-hybridized carbons (Fsp3) is 0.438. The van der Waals surface area contributed by atoms with Gasteiger partial charge in [-0.15, -0.1) is 0 Å². The van der Waals surface area contributed by atoms with E-state index < -0.39 is 23.7 Å². The predicted octanol–water partition coefficient (Wildman–Crippen LogP) is 2.25. The number of halogens is 1. The summed E-state index contributed by atoms with van der Waals surface area (Å²) in [5, 5.41) is 6.53. The third kappa shape index (κ3) is 5.98. The van der Waals surface area contributed by atoms with Gasteiger partial charge in [0.2, 0.25) is 11.8 Å². The number of nitrogens with one attached hydrogen (secondary N) is 2. The van der Waals surface area contributed by atoms with E-state index in [9.17, 15) is 14.4 Å². The number of benzene rings is 1. The van der Waals surface area contributed by atoms with Gasteiger partial charge in [-0.1, -0.05) is 17.8 Å². The lowest BCUT2D eigenvalue weighted by atomic mass is 9.73. The smallest absolute Gasteiger partial charge is 0.258 e. The number of imide groups is 1. The van der Waals surface area contributed by atoms with Gasteiger partial charge in [-0.2, -0.15) is 0 Å². The average molecular weight is 662 g/mol. The summed E-state index contributed by atoms with van der Waals surface area (Å²) in [4.78, 5) is 54.8. The lowest BCUT2D eigenvalue weighted by molar-refractivity contribution is -0.136. The van der Waals surface area contributed by atoms with E-state index in [2.05, 4.69) is 37.4 Å². The van der Waals surface area contributed by atoms with Crippen molar-refractivity contribution in [1.82, 2.24) is 30.5 Å². The molecule has 1 aromatic carbocycles. The van der Waals surface area contributed by atoms with Gasteiger partial charge in [0, 0.05) is 55.1 Å². The number of hydrogen-bond acceptors (Lipinski definition) is 12. The summed E-state index contributed by atoms with van der Waals surface area (Å²) >= 11 is 1.39. The second-order valence-corrected chi connectivity index (χ2v) is 13.7. The Hall–Kier alpha value is -4.34. The number of fused-ring (bicyclic) bond motifs is 1. The van der Waals surface area contributed by atoms with Crippen molar-refractivity contribution < 1.29 is 23.5 Å². The Balaban J connectivity index is 0.991. The van der Waals surface area contributed by atoms with Crippen molar-refractivity contribution in [1.29, 1.82) is 0 Å². The molecule has 2 aromatic heterocycles. The van der Waals surface area contributed by atoms with E-state index in [1.807, 2.05) is 12.1 Å². The number of carbonyl (C=O) groups is 3. The van der Waals surface area contributed by atoms with Gasteiger partial charge >= 0.3 is 0 Å². The van der Waals surface area contributed by atoms with Crippen LogP contribution in [0.4, 0.5) is 21.8 Å². The minimum atomic E-state index is -0.790. The molecule has 6 heterocycles. The zero-order valence-electron chi connectivity index (χ0n) is 25.9. The molecule has 3 atom stereocenters. The third-order valence-corrected chi connectivity index (χ3v) is 10.7. The number of carbonyl (C=O) groups excluding carboxylic acids is 3. The molecule has 7 rings (SSSR count). The molecule has 3 fully saturated rings. The molecule has 4 aliphatic heterocycles. The molecule has 0 aliphatic carbocycles. The Morgan fingerprint density at radius 3 is 2.72 bits per heavy atom. The van der Waals surface area contributed by atoms with Gasteiger partial charge < -0.3 is 31.3 Å². The van der Waals surface area contributed by atoms with Gasteiger partial charge in [0.1, 0.15) is 28.5 Å². The molecule has 1 spiro atoms. The molecule has 1 unspecified atom stereocenters. The number of nitrogen functional groups attached to an aromatic ring is 2. The van der Waals surface area contributed by atoms with Crippen molar-refractivity contribution in [3.63, 3.8) is 0 Å². The molecule has 3 saturated heterocycles. The van der Waals surface area contributed by atoms with Crippen LogP contribution in [0, 0.1) is 11.2 Å². The van der Waals surface area contributed by atoms with E-state index in [1.165, 1.54) is 22.7 Å². The number of nitrogens with two attached hydrogens (primary N) is 2. The molecule has 3 amide bonds. The molecular formula is C32H36FN9O4S. The second-order valence-electron chi connectivity index (χ2n) is 12.7. The van der Waals surface area contributed by atoms with E-state index in [0.29, 0.717) is 40.9 Å². The number of nitrogens with zero attached hydrogens (tertiary/aromatic N) is 5. The van der Waals surface area contributed by atoms with E-state index in [0.717, 1.165) is 36.6 Å². The Bertz CT molecular complexity index is 1750. The monoisotopic (exact) mass is 661 g/mol. The number of rotatable bonds is 7. The number of piperidine rings is 2. The highest BCUT2D eigenvalue weighted by Gasteiger charge is 2.49. The van der Waals surface area contributed by atoms with E-state index in [1.54, 1.807) is 18.5 Å². The molecule has 4 aliphatic rings. The van der Waals surface area contributed by atoms with Crippen molar-refractivity contribution in [2.75, 3.05) is 36.1 Å². The zero-order chi connectivity index (χ0) is 32.9. The van der Waals surface area contributed by atoms with Gasteiger partial charge in [-0.3, -0.25) is 19.7 Å². The highest BCUT2D eigenvalue weighted by Crippen LogP contribution is 2.43. The third-order valence-electron chi connectivity index (χ3n) is 9.72. The quantitative estimate of drug-likeness (QED) is 0.272. The van der Waals surface area contributed by atoms with Crippen LogP contribution in [0.2, 0.25) is 0 Å². The summed E-state index contributed by atoms with van der Waals surface area (Å²) in [6, 6.07) is 6.07. The number of anilines is 3. The Labute approximate surface area is 275 Å². The van der Waals surface area contributed by atoms with E-state index in [4.69, 9.17) is 16.2 Å². The fourth-order valence-corrected chi connectivity index (χ4v) is 8.05.